The first kappa shape index (κ1) is 12.8. The lowest BCUT2D eigenvalue weighted by molar-refractivity contribution is -0.146. The number of methoxy groups -OCH3 is 1. The minimum absolute atomic E-state index is 0.193. The minimum atomic E-state index is -0.655. The van der Waals surface area contributed by atoms with Crippen LogP contribution in [0.4, 0.5) is 0 Å². The standard InChI is InChI=1S/C13H23NO3/c1-9(13(15)16)10-7-14(8-10)11-3-5-12(17-2)6-4-11/h9-12H,3-8H2,1-2H3,(H,15,16). The van der Waals surface area contributed by atoms with Crippen LogP contribution in [-0.4, -0.2) is 48.3 Å². The van der Waals surface area contributed by atoms with E-state index in [1.807, 2.05) is 6.92 Å². The second-order valence-electron chi connectivity index (χ2n) is 5.51. The summed E-state index contributed by atoms with van der Waals surface area (Å²) in [4.78, 5) is 13.3. The highest BCUT2D eigenvalue weighted by molar-refractivity contribution is 5.70. The van der Waals surface area contributed by atoms with E-state index in [2.05, 4.69) is 4.90 Å². The molecule has 1 N–H and O–H groups in total. The molecular formula is C13H23NO3. The lowest BCUT2D eigenvalue weighted by atomic mass is 9.82. The van der Waals surface area contributed by atoms with Crippen molar-refractivity contribution < 1.29 is 14.6 Å². The van der Waals surface area contributed by atoms with Gasteiger partial charge in [0, 0.05) is 26.2 Å². The zero-order valence-corrected chi connectivity index (χ0v) is 10.8. The molecule has 1 saturated heterocycles. The molecule has 1 aliphatic carbocycles. The number of aliphatic carboxylic acids is 1. The smallest absolute Gasteiger partial charge is 0.306 e. The van der Waals surface area contributed by atoms with Crippen molar-refractivity contribution in [3.8, 4) is 0 Å². The van der Waals surface area contributed by atoms with Gasteiger partial charge in [0.25, 0.3) is 0 Å². The SMILES string of the molecule is COC1CCC(N2CC(C(C)C(=O)O)C2)CC1. The Morgan fingerprint density at radius 2 is 1.88 bits per heavy atom. The zero-order chi connectivity index (χ0) is 12.4. The van der Waals surface area contributed by atoms with Crippen molar-refractivity contribution in [1.82, 2.24) is 4.90 Å². The molecule has 2 fully saturated rings. The second-order valence-corrected chi connectivity index (χ2v) is 5.51. The van der Waals surface area contributed by atoms with Gasteiger partial charge in [0.2, 0.25) is 0 Å². The van der Waals surface area contributed by atoms with Crippen LogP contribution < -0.4 is 0 Å². The first-order chi connectivity index (χ1) is 8.11. The highest BCUT2D eigenvalue weighted by Crippen LogP contribution is 2.32. The number of nitrogens with zero attached hydrogens (tertiary/aromatic N) is 1. The van der Waals surface area contributed by atoms with Crippen molar-refractivity contribution in [3.63, 3.8) is 0 Å². The van der Waals surface area contributed by atoms with Gasteiger partial charge >= 0.3 is 5.97 Å². The van der Waals surface area contributed by atoms with Gasteiger partial charge in [0.05, 0.1) is 12.0 Å². The molecule has 1 aliphatic heterocycles. The van der Waals surface area contributed by atoms with Crippen molar-refractivity contribution >= 4 is 5.97 Å². The predicted octanol–water partition coefficient (Wildman–Crippen LogP) is 1.60. The van der Waals surface area contributed by atoms with E-state index in [-0.39, 0.29) is 5.92 Å². The summed E-state index contributed by atoms with van der Waals surface area (Å²) in [5.41, 5.74) is 0. The van der Waals surface area contributed by atoms with Crippen LogP contribution in [0.15, 0.2) is 0 Å². The molecule has 2 aliphatic rings. The van der Waals surface area contributed by atoms with E-state index in [9.17, 15) is 4.79 Å². The molecule has 0 aromatic heterocycles. The molecule has 0 aromatic rings. The third-order valence-electron chi connectivity index (χ3n) is 4.53. The van der Waals surface area contributed by atoms with Crippen LogP contribution >= 0.6 is 0 Å². The monoisotopic (exact) mass is 241 g/mol. The van der Waals surface area contributed by atoms with Crippen LogP contribution in [0.1, 0.15) is 32.6 Å². The molecule has 0 radical (unpaired) electrons. The van der Waals surface area contributed by atoms with Gasteiger partial charge in [-0.1, -0.05) is 6.92 Å². The molecule has 1 unspecified atom stereocenters. The number of rotatable bonds is 4. The highest BCUT2D eigenvalue weighted by Gasteiger charge is 2.38. The normalized spacial score (nSPS) is 33.1. The molecule has 4 heteroatoms. The van der Waals surface area contributed by atoms with E-state index in [0.29, 0.717) is 18.1 Å². The molecular weight excluding hydrogens is 218 g/mol. The Balaban J connectivity index is 1.72. The Hall–Kier alpha value is -0.610. The van der Waals surface area contributed by atoms with Crippen molar-refractivity contribution in [2.75, 3.05) is 20.2 Å². The second kappa shape index (κ2) is 5.36. The molecule has 1 atom stereocenters. The van der Waals surface area contributed by atoms with Crippen molar-refractivity contribution in [2.24, 2.45) is 11.8 Å². The van der Waals surface area contributed by atoms with E-state index in [1.54, 1.807) is 7.11 Å². The number of carbonyl (C=O) groups is 1. The molecule has 4 nitrogen and oxygen atoms in total. The van der Waals surface area contributed by atoms with E-state index in [4.69, 9.17) is 9.84 Å². The molecule has 98 valence electrons. The van der Waals surface area contributed by atoms with E-state index in [0.717, 1.165) is 25.9 Å². The summed E-state index contributed by atoms with van der Waals surface area (Å²) < 4.78 is 5.37. The van der Waals surface area contributed by atoms with Gasteiger partial charge in [0.15, 0.2) is 0 Å². The number of ether oxygens (including phenoxy) is 1. The fraction of sp³-hybridized carbons (Fsp3) is 0.923. The van der Waals surface area contributed by atoms with Crippen LogP contribution in [0.25, 0.3) is 0 Å². The number of carboxylic acid groups (broad SMARTS) is 1. The topological polar surface area (TPSA) is 49.8 Å². The fourth-order valence-corrected chi connectivity index (χ4v) is 3.01. The summed E-state index contributed by atoms with van der Waals surface area (Å²) in [6.45, 7) is 3.76. The Morgan fingerprint density at radius 1 is 1.29 bits per heavy atom. The van der Waals surface area contributed by atoms with Gasteiger partial charge in [-0.15, -0.1) is 0 Å². The first-order valence-electron chi connectivity index (χ1n) is 6.61. The largest absolute Gasteiger partial charge is 0.481 e. The van der Waals surface area contributed by atoms with Crippen LogP contribution in [0, 0.1) is 11.8 Å². The van der Waals surface area contributed by atoms with Gasteiger partial charge in [0.1, 0.15) is 0 Å². The van der Waals surface area contributed by atoms with Crippen LogP contribution in [0.5, 0.6) is 0 Å². The van der Waals surface area contributed by atoms with Gasteiger partial charge in [-0.2, -0.15) is 0 Å². The predicted molar refractivity (Wildman–Crippen MR) is 64.9 cm³/mol. The first-order valence-corrected chi connectivity index (χ1v) is 6.61. The Labute approximate surface area is 103 Å². The summed E-state index contributed by atoms with van der Waals surface area (Å²) in [5.74, 6) is -0.494. The van der Waals surface area contributed by atoms with E-state index in [1.165, 1.54) is 12.8 Å². The maximum Gasteiger partial charge on any atom is 0.306 e. The molecule has 1 heterocycles. The fourth-order valence-electron chi connectivity index (χ4n) is 3.01. The van der Waals surface area contributed by atoms with Crippen LogP contribution in [-0.2, 0) is 9.53 Å². The third-order valence-corrected chi connectivity index (χ3v) is 4.53. The van der Waals surface area contributed by atoms with E-state index >= 15 is 0 Å². The molecule has 2 rings (SSSR count). The van der Waals surface area contributed by atoms with Crippen molar-refractivity contribution in [2.45, 2.75) is 44.8 Å². The summed E-state index contributed by atoms with van der Waals surface area (Å²) in [6.07, 6.45) is 5.15. The average molecular weight is 241 g/mol. The summed E-state index contributed by atoms with van der Waals surface area (Å²) in [6, 6.07) is 0.665. The summed E-state index contributed by atoms with van der Waals surface area (Å²) in [7, 11) is 1.79. The molecule has 0 spiro atoms. The molecule has 1 saturated carbocycles. The van der Waals surface area contributed by atoms with Gasteiger partial charge < -0.3 is 9.84 Å². The maximum absolute atomic E-state index is 10.9. The van der Waals surface area contributed by atoms with Crippen LogP contribution in [0.2, 0.25) is 0 Å². The maximum atomic E-state index is 10.9. The molecule has 17 heavy (non-hydrogen) atoms. The molecule has 0 amide bonds. The number of hydrogen-bond acceptors (Lipinski definition) is 3. The van der Waals surface area contributed by atoms with Crippen molar-refractivity contribution in [3.05, 3.63) is 0 Å². The van der Waals surface area contributed by atoms with Gasteiger partial charge in [-0.25, -0.2) is 0 Å². The quantitative estimate of drug-likeness (QED) is 0.812. The Bertz CT molecular complexity index is 268. The average Bonchev–Trinajstić information content (AvgIpc) is 2.27. The minimum Gasteiger partial charge on any atom is -0.481 e. The lowest BCUT2D eigenvalue weighted by Crippen LogP contribution is -2.56. The lowest BCUT2D eigenvalue weighted by Gasteiger charge is -2.47. The Morgan fingerprint density at radius 3 is 2.35 bits per heavy atom. The van der Waals surface area contributed by atoms with Crippen molar-refractivity contribution in [1.29, 1.82) is 0 Å². The highest BCUT2D eigenvalue weighted by atomic mass is 16.5. The van der Waals surface area contributed by atoms with Crippen LogP contribution in [0.3, 0.4) is 0 Å². The summed E-state index contributed by atoms with van der Waals surface area (Å²) >= 11 is 0. The van der Waals surface area contributed by atoms with Gasteiger partial charge in [-0.3, -0.25) is 9.69 Å². The number of hydrogen-bond donors (Lipinski definition) is 1. The Kier molecular flexibility index (Phi) is 4.05. The molecule has 0 bridgehead atoms. The number of carboxylic acids is 1. The summed E-state index contributed by atoms with van der Waals surface area (Å²) in [5, 5.41) is 8.95. The number of likely N-dealkylation sites (tertiary alicyclic amines) is 1. The van der Waals surface area contributed by atoms with Gasteiger partial charge in [-0.05, 0) is 31.6 Å². The molecule has 0 aromatic carbocycles. The third kappa shape index (κ3) is 2.80. The zero-order valence-electron chi connectivity index (χ0n) is 10.8. The van der Waals surface area contributed by atoms with E-state index < -0.39 is 5.97 Å².